The third-order valence-corrected chi connectivity index (χ3v) is 7.24. The van der Waals surface area contributed by atoms with Gasteiger partial charge in [-0.15, -0.1) is 11.3 Å². The van der Waals surface area contributed by atoms with E-state index in [4.69, 9.17) is 15.0 Å². The molecule has 0 fully saturated rings. The summed E-state index contributed by atoms with van der Waals surface area (Å²) in [7, 11) is -3.23. The van der Waals surface area contributed by atoms with Crippen LogP contribution >= 0.6 is 11.3 Å². The lowest BCUT2D eigenvalue weighted by molar-refractivity contribution is -0.114. The second kappa shape index (κ2) is 14.6. The molecule has 0 atom stereocenters. The van der Waals surface area contributed by atoms with E-state index in [-0.39, 0.29) is 5.91 Å². The molecule has 0 saturated heterocycles. The van der Waals surface area contributed by atoms with Crippen molar-refractivity contribution in [1.29, 1.82) is 0 Å². The number of carbonyl (C=O) groups is 3. The summed E-state index contributed by atoms with van der Waals surface area (Å²) in [6.07, 6.45) is 2.65. The number of hydrogen-bond acceptors (Lipinski definition) is 8. The van der Waals surface area contributed by atoms with Gasteiger partial charge in [-0.2, -0.15) is 0 Å². The minimum absolute atomic E-state index is 0.179. The van der Waals surface area contributed by atoms with Gasteiger partial charge in [-0.3, -0.25) is 10.1 Å². The van der Waals surface area contributed by atoms with Crippen molar-refractivity contribution in [1.82, 2.24) is 10.3 Å². The van der Waals surface area contributed by atoms with Gasteiger partial charge in [0.25, 0.3) is 0 Å². The molecule has 208 valence electrons. The lowest BCUT2D eigenvalue weighted by Gasteiger charge is -2.05. The highest BCUT2D eigenvalue weighted by Gasteiger charge is 2.13. The number of rotatable bonds is 10. The first-order valence-electron chi connectivity index (χ1n) is 11.5. The largest absolute Gasteiger partial charge is 0.465 e. The van der Waals surface area contributed by atoms with Crippen LogP contribution in [-0.4, -0.2) is 54.3 Å². The van der Waals surface area contributed by atoms with Gasteiger partial charge in [0.05, 0.1) is 22.6 Å². The number of thiazole rings is 1. The molecule has 0 aliphatic rings. The monoisotopic (exact) mass is 575 g/mol. The second-order valence-electron chi connectivity index (χ2n) is 8.20. The van der Waals surface area contributed by atoms with E-state index in [0.717, 1.165) is 47.3 Å². The molecule has 39 heavy (non-hydrogen) atoms. The van der Waals surface area contributed by atoms with E-state index < -0.39 is 22.0 Å². The van der Waals surface area contributed by atoms with Crippen LogP contribution in [0.25, 0.3) is 0 Å². The minimum Gasteiger partial charge on any atom is -0.465 e. The van der Waals surface area contributed by atoms with Crippen LogP contribution in [0.4, 0.5) is 20.4 Å². The summed E-state index contributed by atoms with van der Waals surface area (Å²) in [6, 6.07) is 14.3. The van der Waals surface area contributed by atoms with Crippen LogP contribution in [0.5, 0.6) is 0 Å². The number of aryl methyl sites for hydroxylation is 4. The van der Waals surface area contributed by atoms with E-state index in [9.17, 15) is 18.0 Å². The molecule has 3 aromatic rings. The fourth-order valence-corrected chi connectivity index (χ4v) is 5.00. The molecule has 6 N–H and O–H groups in total. The zero-order valence-electron chi connectivity index (χ0n) is 21.2. The van der Waals surface area contributed by atoms with E-state index in [0.29, 0.717) is 22.1 Å². The Balaban J connectivity index is 0.00000124. The van der Waals surface area contributed by atoms with Crippen LogP contribution in [0.2, 0.25) is 0 Å². The number of nitrogens with zero attached hydrogens (tertiary/aromatic N) is 2. The average molecular weight is 576 g/mol. The van der Waals surface area contributed by atoms with Crippen LogP contribution < -0.4 is 16.4 Å². The molecule has 3 rings (SSSR count). The van der Waals surface area contributed by atoms with E-state index in [1.54, 1.807) is 24.3 Å². The number of aromatic nitrogens is 1. The fourth-order valence-electron chi connectivity index (χ4n) is 3.31. The van der Waals surface area contributed by atoms with Gasteiger partial charge >= 0.3 is 12.2 Å². The Hall–Kier alpha value is -4.30. The van der Waals surface area contributed by atoms with Crippen molar-refractivity contribution < 1.29 is 33.0 Å². The Bertz CT molecular complexity index is 1410. The van der Waals surface area contributed by atoms with Crippen LogP contribution in [0, 0.1) is 0 Å². The lowest BCUT2D eigenvalue weighted by Crippen LogP contribution is -2.17. The van der Waals surface area contributed by atoms with E-state index in [1.165, 1.54) is 24.5 Å². The van der Waals surface area contributed by atoms with Gasteiger partial charge < -0.3 is 21.3 Å². The summed E-state index contributed by atoms with van der Waals surface area (Å²) < 4.78 is 23.3. The van der Waals surface area contributed by atoms with Crippen molar-refractivity contribution in [2.45, 2.75) is 37.5 Å². The fraction of sp³-hybridized carbons (Fsp3) is 0.240. The maximum Gasteiger partial charge on any atom is 0.409 e. The van der Waals surface area contributed by atoms with Crippen molar-refractivity contribution in [3.63, 3.8) is 0 Å². The highest BCUT2D eigenvalue weighted by Crippen LogP contribution is 2.26. The first-order valence-corrected chi connectivity index (χ1v) is 14.2. The molecule has 14 heteroatoms. The van der Waals surface area contributed by atoms with E-state index >= 15 is 0 Å². The maximum absolute atomic E-state index is 11.7. The number of nitrogens with two attached hydrogens (primary N) is 1. The Kier molecular flexibility index (Phi) is 11.6. The van der Waals surface area contributed by atoms with Crippen LogP contribution in [0.3, 0.4) is 0 Å². The number of sulfone groups is 1. The molecule has 0 radical (unpaired) electrons. The van der Waals surface area contributed by atoms with Gasteiger partial charge in [0.2, 0.25) is 5.91 Å². The standard InChI is InChI=1S/C24H26N4O5S2.CH3NO2/c1-16(29)27-23-28-21(13-7-17-3-9-19(10-4-17)25-15-26-24(30)31)22(34-23)14-8-18-5-11-20(12-6-18)35(2,32)33;2-1(3)4/h3-6,9-12,15H,7-8,13-14H2,1-2H3,(H,25,26)(H,30,31)(H,27,28,29);2H2,(H,3,4). The maximum atomic E-state index is 11.7. The third-order valence-electron chi connectivity index (χ3n) is 5.04. The topological polar surface area (TPSA) is 201 Å². The van der Waals surface area contributed by atoms with Crippen molar-refractivity contribution in [2.24, 2.45) is 10.7 Å². The summed E-state index contributed by atoms with van der Waals surface area (Å²) in [5.41, 5.74) is 7.67. The van der Waals surface area contributed by atoms with Gasteiger partial charge in [0.1, 0.15) is 0 Å². The second-order valence-corrected chi connectivity index (χ2v) is 11.3. The number of anilines is 1. The molecule has 0 aliphatic heterocycles. The van der Waals surface area contributed by atoms with Crippen LogP contribution in [0.1, 0.15) is 28.6 Å². The molecule has 0 unspecified atom stereocenters. The third kappa shape index (κ3) is 11.7. The highest BCUT2D eigenvalue weighted by molar-refractivity contribution is 7.90. The number of carbonyl (C=O) groups excluding carboxylic acids is 1. The van der Waals surface area contributed by atoms with Crippen molar-refractivity contribution in [3.05, 3.63) is 70.2 Å². The number of primary amides is 1. The Morgan fingerprint density at radius 2 is 1.51 bits per heavy atom. The number of hydrogen-bond donors (Lipinski definition) is 5. The first-order chi connectivity index (χ1) is 18.3. The Morgan fingerprint density at radius 1 is 0.974 bits per heavy atom. The number of amides is 3. The normalized spacial score (nSPS) is 10.9. The van der Waals surface area contributed by atoms with Crippen LogP contribution in [0.15, 0.2) is 58.4 Å². The molecule has 2 aromatic carbocycles. The quantitative estimate of drug-likeness (QED) is 0.178. The summed E-state index contributed by atoms with van der Waals surface area (Å²) >= 11 is 1.45. The molecule has 0 saturated carbocycles. The molecule has 1 heterocycles. The van der Waals surface area contributed by atoms with Gasteiger partial charge in [-0.25, -0.2) is 28.0 Å². The van der Waals surface area contributed by atoms with Gasteiger partial charge in [-0.05, 0) is 61.1 Å². The Labute approximate surface area is 229 Å². The summed E-state index contributed by atoms with van der Waals surface area (Å²) in [5.74, 6) is -0.179. The minimum atomic E-state index is -3.23. The van der Waals surface area contributed by atoms with E-state index in [1.807, 2.05) is 24.3 Å². The molecule has 0 bridgehead atoms. The van der Waals surface area contributed by atoms with Crippen molar-refractivity contribution in [2.75, 3.05) is 11.6 Å². The van der Waals surface area contributed by atoms with Gasteiger partial charge in [0, 0.05) is 18.1 Å². The first kappa shape index (κ1) is 30.9. The summed E-state index contributed by atoms with van der Waals surface area (Å²) in [6.45, 7) is 1.44. The Morgan fingerprint density at radius 3 is 2.03 bits per heavy atom. The zero-order chi connectivity index (χ0) is 29.0. The predicted molar refractivity (Wildman–Crippen MR) is 149 cm³/mol. The summed E-state index contributed by atoms with van der Waals surface area (Å²) in [4.78, 5) is 40.8. The molecule has 1 aromatic heterocycles. The highest BCUT2D eigenvalue weighted by atomic mass is 32.2. The van der Waals surface area contributed by atoms with E-state index in [2.05, 4.69) is 26.3 Å². The molecular weight excluding hydrogens is 546 g/mol. The molecule has 0 spiro atoms. The zero-order valence-corrected chi connectivity index (χ0v) is 22.9. The molecule has 12 nitrogen and oxygen atoms in total. The molecule has 0 aliphatic carbocycles. The van der Waals surface area contributed by atoms with Crippen LogP contribution in [-0.2, 0) is 40.3 Å². The molecule has 3 amide bonds. The smallest absolute Gasteiger partial charge is 0.409 e. The number of aliphatic imine (C=N–C) groups is 1. The summed E-state index contributed by atoms with van der Waals surface area (Å²) in [5, 5.41) is 21.2. The predicted octanol–water partition coefficient (Wildman–Crippen LogP) is 3.63. The number of benzene rings is 2. The van der Waals surface area contributed by atoms with Gasteiger partial charge in [0.15, 0.2) is 15.0 Å². The molecular formula is C25H29N5O7S2. The average Bonchev–Trinajstić information content (AvgIpc) is 3.22. The number of carboxylic acid groups (broad SMARTS) is 2. The van der Waals surface area contributed by atoms with Crippen molar-refractivity contribution in [3.8, 4) is 0 Å². The number of nitrogens with one attached hydrogen (secondary N) is 2. The van der Waals surface area contributed by atoms with Gasteiger partial charge in [-0.1, -0.05) is 24.3 Å². The van der Waals surface area contributed by atoms with Crippen molar-refractivity contribution >= 4 is 56.4 Å². The lowest BCUT2D eigenvalue weighted by atomic mass is 10.0. The SMILES string of the molecule is CC(=O)Nc1nc(CCc2ccc(N=CNC(=O)O)cc2)c(CCc2ccc(S(C)(=O)=O)cc2)s1.NC(=O)O.